The van der Waals surface area contributed by atoms with Crippen LogP contribution in [0.5, 0.6) is 5.75 Å². The second-order valence-electron chi connectivity index (χ2n) is 4.50. The molecule has 1 aromatic rings. The van der Waals surface area contributed by atoms with Crippen molar-refractivity contribution in [1.29, 1.82) is 0 Å². The van der Waals surface area contributed by atoms with Crippen molar-refractivity contribution in [2.45, 2.75) is 13.8 Å². The number of hydrogen-bond acceptors (Lipinski definition) is 5. The van der Waals surface area contributed by atoms with E-state index in [1.165, 1.54) is 0 Å². The molecule has 8 heteroatoms. The number of amides is 1. The van der Waals surface area contributed by atoms with Gasteiger partial charge in [-0.05, 0) is 19.9 Å². The number of anilines is 1. The van der Waals surface area contributed by atoms with Gasteiger partial charge in [-0.25, -0.2) is 0 Å². The molecule has 0 unspecified atom stereocenters. The molecule has 0 bridgehead atoms. The van der Waals surface area contributed by atoms with Crippen LogP contribution in [0.2, 0.25) is 0 Å². The van der Waals surface area contributed by atoms with Gasteiger partial charge in [-0.3, -0.25) is 14.9 Å². The quantitative estimate of drug-likeness (QED) is 0.442. The fourth-order valence-electron chi connectivity index (χ4n) is 1.12. The van der Waals surface area contributed by atoms with Crippen LogP contribution in [0.15, 0.2) is 18.2 Å². The van der Waals surface area contributed by atoms with Gasteiger partial charge in [0, 0.05) is 18.7 Å². The number of halogens is 1. The number of carbonyl (C=O) groups excluding carboxylic acids is 1. The summed E-state index contributed by atoms with van der Waals surface area (Å²) in [6, 6.07) is 3.40. The summed E-state index contributed by atoms with van der Waals surface area (Å²) in [5.41, 5.74) is 4.40. The van der Waals surface area contributed by atoms with Crippen LogP contribution in [-0.4, -0.2) is 22.5 Å². The van der Waals surface area contributed by atoms with Crippen LogP contribution in [-0.2, 0) is 4.79 Å². The monoisotopic (exact) mass is 289 g/mol. The lowest BCUT2D eigenvalue weighted by molar-refractivity contribution is -0.384. The number of carbonyl (C=O) groups is 1. The summed E-state index contributed by atoms with van der Waals surface area (Å²) >= 11 is 0. The van der Waals surface area contributed by atoms with E-state index < -0.39 is 16.2 Å². The normalized spacial score (nSPS) is 10.5. The van der Waals surface area contributed by atoms with Crippen LogP contribution in [0.4, 0.5) is 11.4 Å². The van der Waals surface area contributed by atoms with Gasteiger partial charge in [-0.2, -0.15) is 0 Å². The van der Waals surface area contributed by atoms with Gasteiger partial charge in [0.2, 0.25) is 5.91 Å². The first-order chi connectivity index (χ1) is 8.27. The Labute approximate surface area is 116 Å². The summed E-state index contributed by atoms with van der Waals surface area (Å²) in [4.78, 5) is 21.8. The number of nitro groups is 1. The van der Waals surface area contributed by atoms with E-state index in [1.807, 2.05) is 0 Å². The third kappa shape index (κ3) is 4.08. The Balaban J connectivity index is 0.00000324. The Kier molecular flexibility index (Phi) is 5.73. The number of hydrogen-bond donors (Lipinski definition) is 3. The molecule has 0 aliphatic rings. The predicted octanol–water partition coefficient (Wildman–Crippen LogP) is 1.65. The summed E-state index contributed by atoms with van der Waals surface area (Å²) in [6.45, 7) is 3.39. The molecular weight excluding hydrogens is 274 g/mol. The number of nitrogens with one attached hydrogen (secondary N) is 1. The lowest BCUT2D eigenvalue weighted by Crippen LogP contribution is -2.37. The average molecular weight is 290 g/mol. The molecule has 0 atom stereocenters. The van der Waals surface area contributed by atoms with Gasteiger partial charge >= 0.3 is 0 Å². The number of benzene rings is 1. The third-order valence-electron chi connectivity index (χ3n) is 2.56. The van der Waals surface area contributed by atoms with Crippen molar-refractivity contribution in [2.24, 2.45) is 11.1 Å². The van der Waals surface area contributed by atoms with E-state index in [9.17, 15) is 20.0 Å². The molecule has 106 valence electrons. The maximum atomic E-state index is 11.8. The predicted molar refractivity (Wildman–Crippen MR) is 73.5 cm³/mol. The standard InChI is InChI=1S/C11H15N3O4.ClH/c1-11(2,6-12)10(16)13-8-5-7(14(17)18)3-4-9(8)15;/h3-5,15H,6,12H2,1-2H3,(H,13,16);1H. The number of rotatable bonds is 4. The maximum absolute atomic E-state index is 11.8. The number of phenols is 1. The van der Waals surface area contributed by atoms with Gasteiger partial charge in [-0.1, -0.05) is 0 Å². The van der Waals surface area contributed by atoms with Gasteiger partial charge in [0.15, 0.2) is 0 Å². The maximum Gasteiger partial charge on any atom is 0.271 e. The first-order valence-corrected chi connectivity index (χ1v) is 5.27. The highest BCUT2D eigenvalue weighted by molar-refractivity contribution is 5.96. The summed E-state index contributed by atoms with van der Waals surface area (Å²) in [5.74, 6) is -0.650. The van der Waals surface area contributed by atoms with Crippen LogP contribution in [0, 0.1) is 15.5 Å². The van der Waals surface area contributed by atoms with Gasteiger partial charge in [-0.15, -0.1) is 12.4 Å². The van der Waals surface area contributed by atoms with Gasteiger partial charge < -0.3 is 16.2 Å². The van der Waals surface area contributed by atoms with Crippen LogP contribution >= 0.6 is 12.4 Å². The lowest BCUT2D eigenvalue weighted by atomic mass is 9.92. The van der Waals surface area contributed by atoms with Gasteiger partial charge in [0.05, 0.1) is 16.0 Å². The molecule has 0 aromatic heterocycles. The van der Waals surface area contributed by atoms with E-state index in [2.05, 4.69) is 5.32 Å². The molecule has 1 rings (SSSR count). The Bertz CT molecular complexity index is 491. The van der Waals surface area contributed by atoms with Crippen LogP contribution < -0.4 is 11.1 Å². The minimum atomic E-state index is -0.822. The SMILES string of the molecule is CC(C)(CN)C(=O)Nc1cc([N+](=O)[O-])ccc1O.Cl. The smallest absolute Gasteiger partial charge is 0.271 e. The zero-order valence-electron chi connectivity index (χ0n) is 10.5. The molecule has 0 spiro atoms. The molecule has 0 heterocycles. The van der Waals surface area contributed by atoms with Gasteiger partial charge in [0.25, 0.3) is 5.69 Å². The minimum absolute atomic E-state index is 0. The summed E-state index contributed by atoms with van der Waals surface area (Å²) < 4.78 is 0. The number of non-ortho nitro benzene ring substituents is 1. The highest BCUT2D eigenvalue weighted by Crippen LogP contribution is 2.29. The number of nitro benzene ring substituents is 1. The van der Waals surface area contributed by atoms with Crippen molar-refractivity contribution in [1.82, 2.24) is 0 Å². The number of nitrogens with two attached hydrogens (primary N) is 1. The largest absolute Gasteiger partial charge is 0.506 e. The molecule has 4 N–H and O–H groups in total. The van der Waals surface area contributed by atoms with Crippen molar-refractivity contribution in [2.75, 3.05) is 11.9 Å². The fraction of sp³-hybridized carbons (Fsp3) is 0.364. The van der Waals surface area contributed by atoms with Crippen LogP contribution in [0.1, 0.15) is 13.8 Å². The van der Waals surface area contributed by atoms with E-state index in [1.54, 1.807) is 13.8 Å². The third-order valence-corrected chi connectivity index (χ3v) is 2.56. The van der Waals surface area contributed by atoms with E-state index >= 15 is 0 Å². The molecule has 0 aliphatic carbocycles. The Morgan fingerprint density at radius 2 is 2.11 bits per heavy atom. The molecule has 7 nitrogen and oxygen atoms in total. The molecule has 0 saturated carbocycles. The molecule has 0 fully saturated rings. The van der Waals surface area contributed by atoms with E-state index in [-0.39, 0.29) is 36.1 Å². The second-order valence-corrected chi connectivity index (χ2v) is 4.50. The Morgan fingerprint density at radius 1 is 1.53 bits per heavy atom. The zero-order valence-corrected chi connectivity index (χ0v) is 11.4. The first kappa shape index (κ1) is 17.1. The van der Waals surface area contributed by atoms with Gasteiger partial charge in [0.1, 0.15) is 5.75 Å². The average Bonchev–Trinajstić information content (AvgIpc) is 2.31. The molecule has 1 amide bonds. The molecular formula is C11H16ClN3O4. The second kappa shape index (κ2) is 6.35. The van der Waals surface area contributed by atoms with E-state index in [4.69, 9.17) is 5.73 Å². The summed E-state index contributed by atoms with van der Waals surface area (Å²) in [6.07, 6.45) is 0. The highest BCUT2D eigenvalue weighted by atomic mass is 35.5. The Morgan fingerprint density at radius 3 is 2.58 bits per heavy atom. The van der Waals surface area contributed by atoms with E-state index in [0.717, 1.165) is 18.2 Å². The molecule has 0 saturated heterocycles. The van der Waals surface area contributed by atoms with Crippen molar-refractivity contribution in [3.63, 3.8) is 0 Å². The van der Waals surface area contributed by atoms with Crippen molar-refractivity contribution in [3.05, 3.63) is 28.3 Å². The fourth-order valence-corrected chi connectivity index (χ4v) is 1.12. The van der Waals surface area contributed by atoms with E-state index in [0.29, 0.717) is 0 Å². The topological polar surface area (TPSA) is 118 Å². The summed E-state index contributed by atoms with van der Waals surface area (Å²) in [7, 11) is 0. The molecule has 1 aromatic carbocycles. The first-order valence-electron chi connectivity index (χ1n) is 5.27. The molecule has 0 radical (unpaired) electrons. The lowest BCUT2D eigenvalue weighted by Gasteiger charge is -2.21. The minimum Gasteiger partial charge on any atom is -0.506 e. The summed E-state index contributed by atoms with van der Waals surface area (Å²) in [5, 5.41) is 22.6. The number of phenolic OH excluding ortho intramolecular Hbond substituents is 1. The molecule has 0 aliphatic heterocycles. The molecule has 19 heavy (non-hydrogen) atoms. The van der Waals surface area contributed by atoms with Crippen LogP contribution in [0.3, 0.4) is 0 Å². The van der Waals surface area contributed by atoms with Crippen molar-refractivity contribution >= 4 is 29.7 Å². The van der Waals surface area contributed by atoms with Crippen molar-refractivity contribution < 1.29 is 14.8 Å². The van der Waals surface area contributed by atoms with Crippen molar-refractivity contribution in [3.8, 4) is 5.75 Å². The number of nitrogens with zero attached hydrogens (tertiary/aromatic N) is 1. The van der Waals surface area contributed by atoms with Crippen LogP contribution in [0.25, 0.3) is 0 Å². The zero-order chi connectivity index (χ0) is 13.9. The number of aromatic hydroxyl groups is 1. The highest BCUT2D eigenvalue weighted by Gasteiger charge is 2.26. The Hall–Kier alpha value is -1.86.